The van der Waals surface area contributed by atoms with Gasteiger partial charge in [0.05, 0.1) is 11.4 Å². The second kappa shape index (κ2) is 13.7. The van der Waals surface area contributed by atoms with Gasteiger partial charge < -0.3 is 19.3 Å². The smallest absolute Gasteiger partial charge is 0.274 e. The van der Waals surface area contributed by atoms with Gasteiger partial charge in [-0.25, -0.2) is 9.50 Å². The SMILES string of the molecule is CC(C)CCN(CCC(C)C)C(=O)c1ccc2nc(-c3cccc4c3OCCO4)c(CCCN3CCCCC3)n2n1. The van der Waals surface area contributed by atoms with E-state index in [9.17, 15) is 4.79 Å². The minimum atomic E-state index is -0.00320. The Balaban J connectivity index is 1.49. The van der Waals surface area contributed by atoms with Crippen molar-refractivity contribution in [1.29, 1.82) is 0 Å². The first-order valence-electron chi connectivity index (χ1n) is 15.7. The third-order valence-electron chi connectivity index (χ3n) is 8.19. The number of carbonyl (C=O) groups is 1. The lowest BCUT2D eigenvalue weighted by Gasteiger charge is -2.26. The van der Waals surface area contributed by atoms with Crippen molar-refractivity contribution >= 4 is 11.6 Å². The van der Waals surface area contributed by atoms with Crippen molar-refractivity contribution in [3.63, 3.8) is 0 Å². The van der Waals surface area contributed by atoms with E-state index in [1.54, 1.807) is 0 Å². The van der Waals surface area contributed by atoms with Crippen molar-refractivity contribution < 1.29 is 14.3 Å². The summed E-state index contributed by atoms with van der Waals surface area (Å²) in [5.41, 5.74) is 4.02. The van der Waals surface area contributed by atoms with Crippen molar-refractivity contribution in [3.05, 3.63) is 41.7 Å². The number of hydrogen-bond acceptors (Lipinski definition) is 6. The number of ether oxygens (including phenoxy) is 2. The summed E-state index contributed by atoms with van der Waals surface area (Å²) >= 11 is 0. The maximum Gasteiger partial charge on any atom is 0.274 e. The van der Waals surface area contributed by atoms with Gasteiger partial charge in [0.2, 0.25) is 0 Å². The number of aromatic nitrogens is 3. The molecule has 8 nitrogen and oxygen atoms in total. The van der Waals surface area contributed by atoms with E-state index in [0.717, 1.165) is 79.4 Å². The molecule has 4 heterocycles. The van der Waals surface area contributed by atoms with Gasteiger partial charge in [-0.05, 0) is 94.3 Å². The van der Waals surface area contributed by atoms with E-state index in [2.05, 4.69) is 38.7 Å². The lowest BCUT2D eigenvalue weighted by molar-refractivity contribution is 0.0733. The first kappa shape index (κ1) is 29.4. The standard InChI is InChI=1S/C33H47N5O3/c1-24(2)15-20-37(21-16-25(3)4)33(39)27-13-14-30-34-31(26-10-8-12-29-32(26)41-23-22-40-29)28(38(30)35-27)11-9-19-36-17-6-5-7-18-36/h8,10,12-14,24-25H,5-7,9,11,15-23H2,1-4H3. The highest BCUT2D eigenvalue weighted by Gasteiger charge is 2.25. The van der Waals surface area contributed by atoms with Crippen LogP contribution >= 0.6 is 0 Å². The third-order valence-corrected chi connectivity index (χ3v) is 8.19. The molecule has 2 aromatic heterocycles. The van der Waals surface area contributed by atoms with Gasteiger partial charge in [-0.1, -0.05) is 40.2 Å². The predicted molar refractivity (Wildman–Crippen MR) is 163 cm³/mol. The van der Waals surface area contributed by atoms with Gasteiger partial charge in [0.1, 0.15) is 18.9 Å². The number of aryl methyl sites for hydroxylation is 1. The Hall–Kier alpha value is -3.13. The fourth-order valence-corrected chi connectivity index (χ4v) is 5.75. The number of amides is 1. The van der Waals surface area contributed by atoms with Crippen LogP contribution in [0.25, 0.3) is 16.9 Å². The topological polar surface area (TPSA) is 72.2 Å². The zero-order chi connectivity index (χ0) is 28.8. The average Bonchev–Trinajstić information content (AvgIpc) is 3.34. The molecular weight excluding hydrogens is 514 g/mol. The molecule has 1 saturated heterocycles. The number of hydrogen-bond donors (Lipinski definition) is 0. The number of benzene rings is 1. The van der Waals surface area contributed by atoms with E-state index >= 15 is 0 Å². The molecule has 2 aliphatic rings. The quantitative estimate of drug-likeness (QED) is 0.265. The molecule has 0 spiro atoms. The summed E-state index contributed by atoms with van der Waals surface area (Å²) in [4.78, 5) is 23.4. The normalized spacial score (nSPS) is 15.7. The molecule has 222 valence electrons. The largest absolute Gasteiger partial charge is 0.486 e. The van der Waals surface area contributed by atoms with Crippen LogP contribution in [0.1, 0.15) is 82.4 Å². The molecule has 1 amide bonds. The monoisotopic (exact) mass is 561 g/mol. The number of imidazole rings is 1. The summed E-state index contributed by atoms with van der Waals surface area (Å²) in [6, 6.07) is 9.77. The molecule has 0 N–H and O–H groups in total. The van der Waals surface area contributed by atoms with Crippen molar-refractivity contribution in [3.8, 4) is 22.8 Å². The second-order valence-electron chi connectivity index (χ2n) is 12.4. The van der Waals surface area contributed by atoms with E-state index < -0.39 is 0 Å². The summed E-state index contributed by atoms with van der Waals surface area (Å²) in [5.74, 6) is 2.55. The van der Waals surface area contributed by atoms with Crippen LogP contribution < -0.4 is 9.47 Å². The van der Waals surface area contributed by atoms with Crippen LogP contribution in [-0.2, 0) is 6.42 Å². The van der Waals surface area contributed by atoms with E-state index in [1.165, 1.54) is 32.4 Å². The van der Waals surface area contributed by atoms with Gasteiger partial charge in [0, 0.05) is 18.7 Å². The summed E-state index contributed by atoms with van der Waals surface area (Å²) < 4.78 is 13.9. The fourth-order valence-electron chi connectivity index (χ4n) is 5.75. The molecule has 5 rings (SSSR count). The highest BCUT2D eigenvalue weighted by molar-refractivity contribution is 5.92. The van der Waals surface area contributed by atoms with Gasteiger partial charge >= 0.3 is 0 Å². The van der Waals surface area contributed by atoms with Gasteiger partial charge in [0.25, 0.3) is 5.91 Å². The highest BCUT2D eigenvalue weighted by atomic mass is 16.6. The zero-order valence-electron chi connectivity index (χ0n) is 25.4. The molecule has 41 heavy (non-hydrogen) atoms. The van der Waals surface area contributed by atoms with Gasteiger partial charge in [-0.2, -0.15) is 5.10 Å². The molecule has 2 aliphatic heterocycles. The van der Waals surface area contributed by atoms with Gasteiger partial charge in [-0.15, -0.1) is 0 Å². The van der Waals surface area contributed by atoms with Crippen molar-refractivity contribution in [2.75, 3.05) is 45.9 Å². The van der Waals surface area contributed by atoms with Gasteiger partial charge in [-0.3, -0.25) is 4.79 Å². The number of likely N-dealkylation sites (tertiary alicyclic amines) is 1. The molecule has 0 bridgehead atoms. The van der Waals surface area contributed by atoms with Crippen LogP contribution in [0.5, 0.6) is 11.5 Å². The van der Waals surface area contributed by atoms with Crippen LogP contribution in [0.3, 0.4) is 0 Å². The Morgan fingerprint density at radius 2 is 1.68 bits per heavy atom. The molecule has 0 saturated carbocycles. The second-order valence-corrected chi connectivity index (χ2v) is 12.4. The summed E-state index contributed by atoms with van der Waals surface area (Å²) in [5, 5.41) is 4.95. The highest BCUT2D eigenvalue weighted by Crippen LogP contribution is 2.41. The van der Waals surface area contributed by atoms with Crippen molar-refractivity contribution in [2.24, 2.45) is 11.8 Å². The van der Waals surface area contributed by atoms with Crippen LogP contribution in [0.15, 0.2) is 30.3 Å². The van der Waals surface area contributed by atoms with Crippen LogP contribution in [0.2, 0.25) is 0 Å². The van der Waals surface area contributed by atoms with Crippen LogP contribution in [0.4, 0.5) is 0 Å². The lowest BCUT2D eigenvalue weighted by atomic mass is 10.0. The minimum absolute atomic E-state index is 0.00320. The van der Waals surface area contributed by atoms with Gasteiger partial charge in [0.15, 0.2) is 17.1 Å². The molecule has 0 aliphatic carbocycles. The Bertz CT molecular complexity index is 1300. The molecule has 8 heteroatoms. The lowest BCUT2D eigenvalue weighted by Crippen LogP contribution is -2.35. The number of carbonyl (C=O) groups excluding carboxylic acids is 1. The van der Waals surface area contributed by atoms with Crippen molar-refractivity contribution in [2.45, 2.75) is 72.6 Å². The van der Waals surface area contributed by atoms with E-state index in [0.29, 0.717) is 30.7 Å². The molecule has 0 unspecified atom stereocenters. The van der Waals surface area contributed by atoms with E-state index in [-0.39, 0.29) is 5.91 Å². The number of fused-ring (bicyclic) bond motifs is 2. The Morgan fingerprint density at radius 1 is 0.951 bits per heavy atom. The average molecular weight is 562 g/mol. The maximum atomic E-state index is 13.8. The van der Waals surface area contributed by atoms with E-state index in [1.807, 2.05) is 33.7 Å². The number of piperidine rings is 1. The minimum Gasteiger partial charge on any atom is -0.486 e. The molecule has 1 fully saturated rings. The Kier molecular flexibility index (Phi) is 9.80. The van der Waals surface area contributed by atoms with Crippen LogP contribution in [-0.4, -0.2) is 76.2 Å². The molecule has 3 aromatic rings. The third kappa shape index (κ3) is 7.21. The Labute approximate surface area is 245 Å². The zero-order valence-corrected chi connectivity index (χ0v) is 25.4. The molecule has 0 radical (unpaired) electrons. The fraction of sp³-hybridized carbons (Fsp3) is 0.606. The molecule has 0 atom stereocenters. The van der Waals surface area contributed by atoms with Crippen molar-refractivity contribution in [1.82, 2.24) is 24.4 Å². The predicted octanol–water partition coefficient (Wildman–Crippen LogP) is 6.12. The number of rotatable bonds is 12. The first-order valence-corrected chi connectivity index (χ1v) is 15.7. The summed E-state index contributed by atoms with van der Waals surface area (Å²) in [6.45, 7) is 14.8. The first-order chi connectivity index (χ1) is 19.9. The van der Waals surface area contributed by atoms with Crippen LogP contribution in [0, 0.1) is 11.8 Å². The number of nitrogens with zero attached hydrogens (tertiary/aromatic N) is 5. The molecule has 1 aromatic carbocycles. The summed E-state index contributed by atoms with van der Waals surface area (Å²) in [7, 11) is 0. The van der Waals surface area contributed by atoms with E-state index in [4.69, 9.17) is 19.6 Å². The number of para-hydroxylation sites is 1. The Morgan fingerprint density at radius 3 is 2.41 bits per heavy atom. The maximum absolute atomic E-state index is 13.8. The molecular formula is C33H47N5O3. The summed E-state index contributed by atoms with van der Waals surface area (Å²) in [6.07, 6.45) is 7.67.